The largest absolute Gasteiger partial charge is 0.506 e. The molecule has 0 radical (unpaired) electrons. The van der Waals surface area contributed by atoms with Crippen molar-refractivity contribution in [3.8, 4) is 16.9 Å². The summed E-state index contributed by atoms with van der Waals surface area (Å²) in [6.45, 7) is 0. The fourth-order valence-corrected chi connectivity index (χ4v) is 2.92. The molecule has 3 aromatic carbocycles. The molecule has 1 aromatic heterocycles. The summed E-state index contributed by atoms with van der Waals surface area (Å²) in [5.74, 6) is -0.0906. The van der Waals surface area contributed by atoms with Crippen LogP contribution < -0.4 is 0 Å². The van der Waals surface area contributed by atoms with Gasteiger partial charge >= 0.3 is 0 Å². The van der Waals surface area contributed by atoms with Crippen LogP contribution in [-0.2, 0) is 0 Å². The van der Waals surface area contributed by atoms with Gasteiger partial charge in [-0.15, -0.1) is 0 Å². The van der Waals surface area contributed by atoms with Crippen LogP contribution in [0, 0.1) is 0 Å². The van der Waals surface area contributed by atoms with Gasteiger partial charge in [0.15, 0.2) is 0 Å². The number of ketones is 1. The number of benzene rings is 3. The van der Waals surface area contributed by atoms with Gasteiger partial charge < -0.3 is 5.11 Å². The Bertz CT molecular complexity index is 1130. The average Bonchev–Trinajstić information content (AvgIpc) is 2.74. The minimum Gasteiger partial charge on any atom is -0.506 e. The highest BCUT2D eigenvalue weighted by atomic mass is 16.3. The van der Waals surface area contributed by atoms with Crippen molar-refractivity contribution in [2.24, 2.45) is 4.99 Å². The Hall–Kier alpha value is -3.79. The molecule has 1 N–H and O–H groups in total. The second-order valence-corrected chi connectivity index (χ2v) is 6.07. The van der Waals surface area contributed by atoms with E-state index >= 15 is 0 Å². The van der Waals surface area contributed by atoms with Gasteiger partial charge in [0, 0.05) is 17.1 Å². The summed E-state index contributed by atoms with van der Waals surface area (Å²) in [6, 6.07) is 24.2. The predicted octanol–water partition coefficient (Wildman–Crippen LogP) is 5.19. The van der Waals surface area contributed by atoms with Crippen LogP contribution in [0.25, 0.3) is 22.0 Å². The van der Waals surface area contributed by atoms with Gasteiger partial charge in [0.2, 0.25) is 5.78 Å². The number of rotatable bonds is 4. The minimum absolute atomic E-state index is 0.0902. The summed E-state index contributed by atoms with van der Waals surface area (Å²) >= 11 is 0. The highest BCUT2D eigenvalue weighted by Gasteiger charge is 2.07. The molecule has 1 heterocycles. The number of aromatic nitrogens is 1. The van der Waals surface area contributed by atoms with Gasteiger partial charge in [0.25, 0.3) is 0 Å². The highest BCUT2D eigenvalue weighted by Crippen LogP contribution is 2.30. The molecule has 130 valence electrons. The number of carbonyl (C=O) groups is 1. The number of phenols is 1. The topological polar surface area (TPSA) is 62.5 Å². The second-order valence-electron chi connectivity index (χ2n) is 6.07. The Balaban J connectivity index is 1.59. The zero-order valence-corrected chi connectivity index (χ0v) is 14.4. The van der Waals surface area contributed by atoms with Gasteiger partial charge in [-0.1, -0.05) is 54.6 Å². The Kier molecular flexibility index (Phi) is 4.45. The Morgan fingerprint density at radius 3 is 2.37 bits per heavy atom. The molecule has 4 heteroatoms. The number of carbonyl (C=O) groups excluding carboxylic acids is 1. The van der Waals surface area contributed by atoms with Crippen molar-refractivity contribution >= 4 is 28.6 Å². The number of fused-ring (bicyclic) bond motifs is 1. The van der Waals surface area contributed by atoms with E-state index in [1.807, 2.05) is 48.5 Å². The van der Waals surface area contributed by atoms with Gasteiger partial charge in [-0.3, -0.25) is 14.8 Å². The fraction of sp³-hybridized carbons (Fsp3) is 0. The first kappa shape index (κ1) is 16.7. The Morgan fingerprint density at radius 2 is 1.59 bits per heavy atom. The molecule has 0 saturated carbocycles. The van der Waals surface area contributed by atoms with Crippen molar-refractivity contribution in [3.63, 3.8) is 0 Å². The van der Waals surface area contributed by atoms with E-state index in [0.717, 1.165) is 11.1 Å². The molecule has 0 saturated heterocycles. The quantitative estimate of drug-likeness (QED) is 0.406. The molecule has 0 unspecified atom stereocenters. The van der Waals surface area contributed by atoms with E-state index in [9.17, 15) is 9.90 Å². The lowest BCUT2D eigenvalue weighted by Gasteiger charge is -2.04. The molecule has 0 bridgehead atoms. The lowest BCUT2D eigenvalue weighted by Crippen LogP contribution is -1.99. The standard InChI is InChI=1S/C23H16N2O2/c26-21-13-12-20(19-7-4-14-24-23(19)21)25-15-22(27)18-10-8-17(9-11-18)16-5-2-1-3-6-16/h1-15,26H. The molecule has 0 fully saturated rings. The third-order valence-electron chi connectivity index (χ3n) is 4.32. The maximum absolute atomic E-state index is 12.5. The van der Waals surface area contributed by atoms with Gasteiger partial charge in [-0.2, -0.15) is 0 Å². The van der Waals surface area contributed by atoms with Crippen LogP contribution in [0.4, 0.5) is 5.69 Å². The maximum atomic E-state index is 12.5. The molecular formula is C23H16N2O2. The molecule has 0 amide bonds. The fourth-order valence-electron chi connectivity index (χ4n) is 2.92. The Morgan fingerprint density at radius 1 is 0.852 bits per heavy atom. The van der Waals surface area contributed by atoms with Crippen molar-refractivity contribution in [2.45, 2.75) is 0 Å². The first-order valence-electron chi connectivity index (χ1n) is 8.53. The van der Waals surface area contributed by atoms with Gasteiger partial charge in [-0.25, -0.2) is 0 Å². The summed E-state index contributed by atoms with van der Waals surface area (Å²) in [5, 5.41) is 10.6. The highest BCUT2D eigenvalue weighted by molar-refractivity contribution is 6.36. The summed E-state index contributed by atoms with van der Waals surface area (Å²) in [6.07, 6.45) is 2.91. The molecule has 0 aliphatic rings. The number of nitrogens with zero attached hydrogens (tertiary/aromatic N) is 2. The van der Waals surface area contributed by atoms with Crippen LogP contribution in [0.15, 0.2) is 90.1 Å². The van der Waals surface area contributed by atoms with Gasteiger partial charge in [-0.05, 0) is 35.4 Å². The van der Waals surface area contributed by atoms with Gasteiger partial charge in [0.1, 0.15) is 11.3 Å². The molecule has 0 aliphatic heterocycles. The van der Waals surface area contributed by atoms with Crippen molar-refractivity contribution < 1.29 is 9.90 Å². The van der Waals surface area contributed by atoms with Crippen LogP contribution in [0.5, 0.6) is 5.75 Å². The first-order valence-corrected chi connectivity index (χ1v) is 8.53. The van der Waals surface area contributed by atoms with Gasteiger partial charge in [0.05, 0.1) is 11.9 Å². The van der Waals surface area contributed by atoms with E-state index < -0.39 is 0 Å². The summed E-state index contributed by atoms with van der Waals surface area (Å²) in [4.78, 5) is 20.9. The predicted molar refractivity (Wildman–Crippen MR) is 108 cm³/mol. The van der Waals surface area contributed by atoms with Crippen LogP contribution in [0.3, 0.4) is 0 Å². The second kappa shape index (κ2) is 7.22. The van der Waals surface area contributed by atoms with E-state index in [1.165, 1.54) is 12.3 Å². The van der Waals surface area contributed by atoms with Crippen LogP contribution in [0.2, 0.25) is 0 Å². The van der Waals surface area contributed by atoms with E-state index in [1.54, 1.807) is 30.5 Å². The maximum Gasteiger partial charge on any atom is 0.204 e. The van der Waals surface area contributed by atoms with Crippen molar-refractivity contribution in [1.29, 1.82) is 0 Å². The number of aromatic hydroxyl groups is 1. The number of phenolic OH excluding ortho intramolecular Hbond substituents is 1. The molecular weight excluding hydrogens is 336 g/mol. The summed E-state index contributed by atoms with van der Waals surface area (Å²) in [5.41, 5.74) is 3.78. The number of hydrogen-bond acceptors (Lipinski definition) is 4. The number of pyridine rings is 1. The molecule has 0 spiro atoms. The zero-order chi connectivity index (χ0) is 18.6. The van der Waals surface area contributed by atoms with E-state index in [0.29, 0.717) is 22.2 Å². The van der Waals surface area contributed by atoms with Crippen LogP contribution >= 0.6 is 0 Å². The number of Topliss-reactive ketones (excluding diaryl/α,β-unsaturated/α-hetero) is 1. The van der Waals surface area contributed by atoms with Crippen molar-refractivity contribution in [2.75, 3.05) is 0 Å². The molecule has 0 atom stereocenters. The summed E-state index contributed by atoms with van der Waals surface area (Å²) in [7, 11) is 0. The lowest BCUT2D eigenvalue weighted by molar-refractivity contribution is 0.107. The smallest absolute Gasteiger partial charge is 0.204 e. The molecule has 4 aromatic rings. The Labute approximate surface area is 156 Å². The van der Waals surface area contributed by atoms with Crippen LogP contribution in [0.1, 0.15) is 10.4 Å². The van der Waals surface area contributed by atoms with Crippen molar-refractivity contribution in [3.05, 3.63) is 90.6 Å². The lowest BCUT2D eigenvalue weighted by atomic mass is 10.0. The molecule has 27 heavy (non-hydrogen) atoms. The SMILES string of the molecule is O=C(C=Nc1ccc(O)c2ncccc12)c1ccc(-c2ccccc2)cc1. The third kappa shape index (κ3) is 3.46. The monoisotopic (exact) mass is 352 g/mol. The van der Waals surface area contributed by atoms with E-state index in [2.05, 4.69) is 9.98 Å². The van der Waals surface area contributed by atoms with Crippen LogP contribution in [-0.4, -0.2) is 22.1 Å². The number of aliphatic imine (C=N–C) groups is 1. The minimum atomic E-state index is -0.181. The summed E-state index contributed by atoms with van der Waals surface area (Å²) < 4.78 is 0. The zero-order valence-electron chi connectivity index (χ0n) is 14.4. The van der Waals surface area contributed by atoms with Crippen molar-refractivity contribution in [1.82, 2.24) is 4.98 Å². The third-order valence-corrected chi connectivity index (χ3v) is 4.32. The average molecular weight is 352 g/mol. The van der Waals surface area contributed by atoms with E-state index in [4.69, 9.17) is 0 Å². The number of hydrogen-bond donors (Lipinski definition) is 1. The molecule has 4 rings (SSSR count). The first-order chi connectivity index (χ1) is 13.2. The molecule has 0 aliphatic carbocycles. The molecule has 4 nitrogen and oxygen atoms in total. The normalized spacial score (nSPS) is 11.1. The van der Waals surface area contributed by atoms with E-state index in [-0.39, 0.29) is 11.5 Å².